The van der Waals surface area contributed by atoms with E-state index in [2.05, 4.69) is 62.3 Å². The van der Waals surface area contributed by atoms with Crippen LogP contribution in [-0.4, -0.2) is 30.4 Å². The Morgan fingerprint density at radius 2 is 1.96 bits per heavy atom. The summed E-state index contributed by atoms with van der Waals surface area (Å²) < 4.78 is 0.895. The molecule has 0 radical (unpaired) electrons. The van der Waals surface area contributed by atoms with Gasteiger partial charge in [0.2, 0.25) is 0 Å². The predicted molar refractivity (Wildman–Crippen MR) is 99.7 cm³/mol. The topological polar surface area (TPSA) is 32.3 Å². The lowest BCUT2D eigenvalue weighted by atomic mass is 10.0. The van der Waals surface area contributed by atoms with Crippen LogP contribution in [0.3, 0.4) is 0 Å². The first-order chi connectivity index (χ1) is 11.7. The smallest absolute Gasteiger partial charge is 0.252 e. The second-order valence-corrected chi connectivity index (χ2v) is 6.69. The molecule has 122 valence electrons. The van der Waals surface area contributed by atoms with Crippen LogP contribution in [0.15, 0.2) is 53.0 Å². The molecule has 3 nitrogen and oxygen atoms in total. The fourth-order valence-corrected chi connectivity index (χ4v) is 3.17. The van der Waals surface area contributed by atoms with E-state index in [1.165, 1.54) is 11.1 Å². The number of rotatable bonds is 3. The van der Waals surface area contributed by atoms with Crippen LogP contribution in [0.2, 0.25) is 0 Å². The molecular weight excluding hydrogens is 364 g/mol. The van der Waals surface area contributed by atoms with Gasteiger partial charge in [-0.05, 0) is 35.7 Å². The summed E-state index contributed by atoms with van der Waals surface area (Å²) in [5.41, 5.74) is 3.48. The zero-order chi connectivity index (χ0) is 16.8. The lowest BCUT2D eigenvalue weighted by molar-refractivity contribution is 0.0958. The number of nitrogens with one attached hydrogen (secondary N) is 1. The highest BCUT2D eigenvalue weighted by Crippen LogP contribution is 2.17. The average molecular weight is 383 g/mol. The fraction of sp³-hybridized carbons (Fsp3) is 0.250. The number of benzene rings is 2. The van der Waals surface area contributed by atoms with E-state index in [-0.39, 0.29) is 5.91 Å². The minimum absolute atomic E-state index is 0.0995. The van der Waals surface area contributed by atoms with Crippen molar-refractivity contribution in [3.63, 3.8) is 0 Å². The van der Waals surface area contributed by atoms with Gasteiger partial charge in [0.1, 0.15) is 0 Å². The molecular formula is C20H19BrN2O. The van der Waals surface area contributed by atoms with Gasteiger partial charge in [-0.15, -0.1) is 0 Å². The molecule has 0 bridgehead atoms. The van der Waals surface area contributed by atoms with Gasteiger partial charge >= 0.3 is 0 Å². The summed E-state index contributed by atoms with van der Waals surface area (Å²) in [6.45, 7) is 3.10. The Kier molecular flexibility index (Phi) is 5.68. The highest BCUT2D eigenvalue weighted by Gasteiger charge is 2.14. The van der Waals surface area contributed by atoms with Crippen LogP contribution in [0.1, 0.15) is 21.5 Å². The molecule has 1 N–H and O–H groups in total. The third-order valence-electron chi connectivity index (χ3n) is 4.06. The summed E-state index contributed by atoms with van der Waals surface area (Å²) in [5, 5.41) is 2.83. The van der Waals surface area contributed by atoms with Gasteiger partial charge in [-0.3, -0.25) is 9.69 Å². The van der Waals surface area contributed by atoms with E-state index < -0.39 is 0 Å². The molecule has 2 aromatic rings. The van der Waals surface area contributed by atoms with Gasteiger partial charge in [0, 0.05) is 23.1 Å². The number of hydrogen-bond acceptors (Lipinski definition) is 2. The lowest BCUT2D eigenvalue weighted by Gasteiger charge is -2.26. The third-order valence-corrected chi connectivity index (χ3v) is 4.55. The van der Waals surface area contributed by atoms with Crippen LogP contribution >= 0.6 is 15.9 Å². The van der Waals surface area contributed by atoms with Crippen molar-refractivity contribution in [3.05, 3.63) is 69.7 Å². The highest BCUT2D eigenvalue weighted by atomic mass is 79.9. The van der Waals surface area contributed by atoms with Crippen molar-refractivity contribution in [2.45, 2.75) is 13.0 Å². The highest BCUT2D eigenvalue weighted by molar-refractivity contribution is 9.10. The molecule has 2 aromatic carbocycles. The van der Waals surface area contributed by atoms with Gasteiger partial charge in [0.15, 0.2) is 0 Å². The molecule has 0 saturated heterocycles. The van der Waals surface area contributed by atoms with Gasteiger partial charge in [-0.1, -0.05) is 58.1 Å². The minimum Gasteiger partial charge on any atom is -0.341 e. The predicted octanol–water partition coefficient (Wildman–Crippen LogP) is 3.24. The maximum absolute atomic E-state index is 12.0. The van der Waals surface area contributed by atoms with E-state index >= 15 is 0 Å². The van der Waals surface area contributed by atoms with Gasteiger partial charge in [0.25, 0.3) is 5.91 Å². The van der Waals surface area contributed by atoms with Crippen molar-refractivity contribution < 1.29 is 4.79 Å². The molecule has 0 aromatic heterocycles. The Morgan fingerprint density at radius 1 is 1.12 bits per heavy atom. The SMILES string of the molecule is O=C(NCC#CCN1CCc2ccccc2C1)c1cccc(Br)c1. The van der Waals surface area contributed by atoms with Crippen LogP contribution in [0.4, 0.5) is 0 Å². The molecule has 1 aliphatic heterocycles. The van der Waals surface area contributed by atoms with Crippen LogP contribution < -0.4 is 5.32 Å². The molecule has 4 heteroatoms. The first-order valence-electron chi connectivity index (χ1n) is 8.01. The van der Waals surface area contributed by atoms with Gasteiger partial charge in [0.05, 0.1) is 13.1 Å². The first kappa shape index (κ1) is 16.8. The summed E-state index contributed by atoms with van der Waals surface area (Å²) in [6.07, 6.45) is 1.08. The van der Waals surface area contributed by atoms with E-state index in [4.69, 9.17) is 0 Å². The Morgan fingerprint density at radius 3 is 2.79 bits per heavy atom. The molecule has 1 aliphatic rings. The Labute approximate surface area is 151 Å². The number of fused-ring (bicyclic) bond motifs is 1. The standard InChI is InChI=1S/C20H19BrN2O/c21-19-9-5-8-17(14-19)20(24)22-11-3-4-12-23-13-10-16-6-1-2-7-18(16)15-23/h1-2,5-9,14H,10-13,15H2,(H,22,24). The molecule has 1 amide bonds. The van der Waals surface area contributed by atoms with Crippen molar-refractivity contribution in [2.24, 2.45) is 0 Å². The second-order valence-electron chi connectivity index (χ2n) is 5.78. The van der Waals surface area contributed by atoms with Crippen molar-refractivity contribution in [3.8, 4) is 11.8 Å². The lowest BCUT2D eigenvalue weighted by Crippen LogP contribution is -2.31. The summed E-state index contributed by atoms with van der Waals surface area (Å²) in [6, 6.07) is 15.9. The zero-order valence-electron chi connectivity index (χ0n) is 13.4. The minimum atomic E-state index is -0.0995. The summed E-state index contributed by atoms with van der Waals surface area (Å²) >= 11 is 3.37. The molecule has 0 fully saturated rings. The third kappa shape index (κ3) is 4.47. The van der Waals surface area contributed by atoms with Crippen molar-refractivity contribution in [1.29, 1.82) is 0 Å². The monoisotopic (exact) mass is 382 g/mol. The van der Waals surface area contributed by atoms with E-state index in [9.17, 15) is 4.79 Å². The average Bonchev–Trinajstić information content (AvgIpc) is 2.61. The van der Waals surface area contributed by atoms with Crippen LogP contribution in [0, 0.1) is 11.8 Å². The molecule has 1 heterocycles. The van der Waals surface area contributed by atoms with E-state index in [1.54, 1.807) is 12.1 Å². The van der Waals surface area contributed by atoms with Crippen molar-refractivity contribution in [2.75, 3.05) is 19.6 Å². The van der Waals surface area contributed by atoms with E-state index in [0.29, 0.717) is 12.1 Å². The Balaban J connectivity index is 1.45. The van der Waals surface area contributed by atoms with Crippen LogP contribution in [0.25, 0.3) is 0 Å². The molecule has 0 unspecified atom stereocenters. The van der Waals surface area contributed by atoms with Gasteiger partial charge in [-0.2, -0.15) is 0 Å². The van der Waals surface area contributed by atoms with Gasteiger partial charge in [-0.25, -0.2) is 0 Å². The van der Waals surface area contributed by atoms with Crippen LogP contribution in [-0.2, 0) is 13.0 Å². The number of halogens is 1. The van der Waals surface area contributed by atoms with Crippen molar-refractivity contribution in [1.82, 2.24) is 10.2 Å². The maximum Gasteiger partial charge on any atom is 0.252 e. The van der Waals surface area contributed by atoms with E-state index in [1.807, 2.05) is 12.1 Å². The summed E-state index contributed by atoms with van der Waals surface area (Å²) in [4.78, 5) is 14.3. The molecule has 0 atom stereocenters. The number of amides is 1. The molecule has 0 spiro atoms. The summed E-state index contributed by atoms with van der Waals surface area (Å²) in [7, 11) is 0. The number of nitrogens with zero attached hydrogens (tertiary/aromatic N) is 1. The molecule has 3 rings (SSSR count). The summed E-state index contributed by atoms with van der Waals surface area (Å²) in [5.74, 6) is 6.09. The Bertz CT molecular complexity index is 791. The first-order valence-corrected chi connectivity index (χ1v) is 8.80. The van der Waals surface area contributed by atoms with Crippen LogP contribution in [0.5, 0.6) is 0 Å². The second kappa shape index (κ2) is 8.14. The fourth-order valence-electron chi connectivity index (χ4n) is 2.78. The van der Waals surface area contributed by atoms with Gasteiger partial charge < -0.3 is 5.32 Å². The maximum atomic E-state index is 12.0. The van der Waals surface area contributed by atoms with Crippen molar-refractivity contribution >= 4 is 21.8 Å². The quantitative estimate of drug-likeness (QED) is 0.826. The molecule has 0 saturated carbocycles. The Hall–Kier alpha value is -2.09. The normalized spacial score (nSPS) is 13.5. The zero-order valence-corrected chi connectivity index (χ0v) is 15.0. The number of carbonyl (C=O) groups is 1. The largest absolute Gasteiger partial charge is 0.341 e. The molecule has 0 aliphatic carbocycles. The van der Waals surface area contributed by atoms with E-state index in [0.717, 1.165) is 30.5 Å². The number of hydrogen-bond donors (Lipinski definition) is 1. The molecule has 24 heavy (non-hydrogen) atoms. The number of carbonyl (C=O) groups excluding carboxylic acids is 1.